The van der Waals surface area contributed by atoms with Crippen LogP contribution in [-0.4, -0.2) is 168 Å². The van der Waals surface area contributed by atoms with Gasteiger partial charge < -0.3 is 31.1 Å². The average molecular weight is 1520 g/mol. The van der Waals surface area contributed by atoms with E-state index in [9.17, 15) is 43.9 Å². The molecule has 99 heavy (non-hydrogen) atoms. The van der Waals surface area contributed by atoms with Crippen LogP contribution >= 0.6 is 47.3 Å². The standard InChI is InChI=1S/C55H52BCl2N15O20S6/c1-28-11-16-41(97(78,79)87-5)37(23-28)69-70-45-39(95-93-91-85-3)25-29-24-30(94-92-90-84-2)26-38(43(29)48(45)75)61-54-64-51(58)65-55(67-54)73-21-19-72(20-22-73)18-17-59-52-62-50(57)63-53(66-52)60-35-14-13-32-34(44(35)56)27-42(98(80,81)88-6)46(47(32)74)71-68-36-15-12-31-33(49(36)99(82,83)89-7)9-8-10-40(31)96(76,77)86-4/h8-16,23-27,74-75H,17-22H2,1-7H3,(H,61,64,65,67)(H2,59,60,62,63,66). The number of aromatic hydroxyl groups is 2. The molecular weight excluding hydrogens is 1460 g/mol. The highest BCUT2D eigenvalue weighted by molar-refractivity contribution is 7.95. The van der Waals surface area contributed by atoms with Crippen molar-refractivity contribution in [3.8, 4) is 11.5 Å². The van der Waals surface area contributed by atoms with Gasteiger partial charge in [-0.3, -0.25) is 21.6 Å². The second-order valence-corrected chi connectivity index (χ2v) is 29.1. The number of phenols is 2. The van der Waals surface area contributed by atoms with E-state index in [1.165, 1.54) is 62.8 Å². The molecule has 0 unspecified atom stereocenters. The van der Waals surface area contributed by atoms with Crippen LogP contribution in [0.25, 0.3) is 32.3 Å². The van der Waals surface area contributed by atoms with E-state index in [1.807, 2.05) is 4.90 Å². The van der Waals surface area contributed by atoms with E-state index in [2.05, 4.69) is 95.2 Å². The lowest BCUT2D eigenvalue weighted by molar-refractivity contribution is -0.447. The van der Waals surface area contributed by atoms with E-state index in [4.69, 9.17) is 52.3 Å². The number of aromatic nitrogens is 6. The van der Waals surface area contributed by atoms with Gasteiger partial charge in [0.25, 0.3) is 40.5 Å². The summed E-state index contributed by atoms with van der Waals surface area (Å²) >= 11 is 14.3. The van der Waals surface area contributed by atoms with Gasteiger partial charge in [0.1, 0.15) is 50.2 Å². The summed E-state index contributed by atoms with van der Waals surface area (Å²) in [7, 11) is -5.32. The Morgan fingerprint density at radius 3 is 1.88 bits per heavy atom. The molecule has 0 spiro atoms. The van der Waals surface area contributed by atoms with Gasteiger partial charge in [-0.2, -0.15) is 63.6 Å². The van der Waals surface area contributed by atoms with Crippen LogP contribution in [0.5, 0.6) is 11.5 Å². The lowest BCUT2D eigenvalue weighted by Gasteiger charge is -2.34. The van der Waals surface area contributed by atoms with E-state index >= 15 is 0 Å². The highest BCUT2D eigenvalue weighted by Gasteiger charge is 2.30. The molecule has 2 aromatic heterocycles. The summed E-state index contributed by atoms with van der Waals surface area (Å²) < 4.78 is 134. The molecule has 0 atom stereocenters. The van der Waals surface area contributed by atoms with Gasteiger partial charge in [-0.05, 0) is 107 Å². The minimum Gasteiger partial charge on any atom is -0.505 e. The molecule has 10 rings (SSSR count). The molecule has 1 aliphatic heterocycles. The first-order chi connectivity index (χ1) is 47.2. The fourth-order valence-electron chi connectivity index (χ4n) is 9.85. The molecule has 1 fully saturated rings. The first-order valence-electron chi connectivity index (χ1n) is 28.0. The molecule has 3 heterocycles. The predicted octanol–water partition coefficient (Wildman–Crippen LogP) is 9.26. The van der Waals surface area contributed by atoms with E-state index in [0.29, 0.717) is 67.2 Å². The van der Waals surface area contributed by atoms with E-state index in [-0.39, 0.29) is 104 Å². The summed E-state index contributed by atoms with van der Waals surface area (Å²) in [6.45, 7) is 4.39. The third-order valence-electron chi connectivity index (χ3n) is 14.4. The number of halogens is 2. The number of nitrogens with one attached hydrogen (secondary N) is 3. The molecule has 0 bridgehead atoms. The summed E-state index contributed by atoms with van der Waals surface area (Å²) in [5.74, 6) is -1.10. The SMILES string of the molecule is [B]c1c(Nc2nc(Cl)nc(NCCN3CCN(c4nc(Cl)nc(Nc5cc(SOOOC)cc6cc(SOOOC)c(N=Nc7cc(C)ccc7S(=O)(=O)OC)c(O)c56)n4)CC3)n2)ccc2c(O)c(N=Nc3ccc4c(S(=O)(=O)OC)cccc4c3S(=O)(=O)OC)c(S(=O)(=O)OC)cc12. The molecule has 2 radical (unpaired) electrons. The molecule has 44 heteroatoms. The summed E-state index contributed by atoms with van der Waals surface area (Å²) in [6, 6.07) is 19.0. The zero-order valence-electron chi connectivity index (χ0n) is 52.2. The van der Waals surface area contributed by atoms with E-state index in [1.54, 1.807) is 31.2 Å². The normalized spacial score (nSPS) is 13.6. The molecule has 7 aromatic carbocycles. The largest absolute Gasteiger partial charge is 0.505 e. The molecule has 0 aliphatic carbocycles. The van der Waals surface area contributed by atoms with Crippen molar-refractivity contribution in [2.24, 2.45) is 20.5 Å². The van der Waals surface area contributed by atoms with Crippen LogP contribution in [-0.2, 0) is 85.7 Å². The van der Waals surface area contributed by atoms with Crippen LogP contribution in [0.2, 0.25) is 10.6 Å². The third kappa shape index (κ3) is 16.6. The van der Waals surface area contributed by atoms with Gasteiger partial charge >= 0.3 is 0 Å². The Morgan fingerprint density at radius 2 is 1.18 bits per heavy atom. The van der Waals surface area contributed by atoms with Crippen LogP contribution in [0, 0.1) is 6.92 Å². The van der Waals surface area contributed by atoms with Gasteiger partial charge in [-0.25, -0.2) is 9.78 Å². The maximum atomic E-state index is 13.5. The summed E-state index contributed by atoms with van der Waals surface area (Å²) in [5, 5.41) is 58.7. The number of rotatable bonds is 29. The van der Waals surface area contributed by atoms with Gasteiger partial charge in [0.05, 0.1) is 77.3 Å². The number of hydrogen-bond donors (Lipinski definition) is 5. The number of hydrogen-bond acceptors (Lipinski definition) is 37. The van der Waals surface area contributed by atoms with Crippen molar-refractivity contribution in [1.82, 2.24) is 34.8 Å². The molecule has 35 nitrogen and oxygen atoms in total. The molecule has 9 aromatic rings. The first-order valence-corrected chi connectivity index (χ1v) is 35.9. The minimum absolute atomic E-state index is 0.0358. The van der Waals surface area contributed by atoms with E-state index < -0.39 is 73.1 Å². The Kier molecular flexibility index (Phi) is 23.3. The summed E-state index contributed by atoms with van der Waals surface area (Å²) in [5.41, 5.74) is -0.592. The van der Waals surface area contributed by atoms with Crippen molar-refractivity contribution < 1.29 is 89.1 Å². The number of aryl methyl sites for hydroxylation is 1. The smallest absolute Gasteiger partial charge is 0.299 e. The molecule has 520 valence electrons. The number of fused-ring (bicyclic) bond motifs is 3. The number of azo groups is 2. The highest BCUT2D eigenvalue weighted by Crippen LogP contribution is 2.49. The number of phenolic OH excluding ortho intramolecular Hbond substituents is 2. The highest BCUT2D eigenvalue weighted by atomic mass is 35.5. The van der Waals surface area contributed by atoms with Crippen LogP contribution < -0.4 is 26.3 Å². The van der Waals surface area contributed by atoms with Crippen molar-refractivity contribution in [3.63, 3.8) is 0 Å². The van der Waals surface area contributed by atoms with Crippen molar-refractivity contribution >= 4 is 191 Å². The Hall–Kier alpha value is -7.96. The lowest BCUT2D eigenvalue weighted by Crippen LogP contribution is -2.48. The van der Waals surface area contributed by atoms with Gasteiger partial charge in [0.2, 0.25) is 34.4 Å². The van der Waals surface area contributed by atoms with Crippen molar-refractivity contribution in [2.45, 2.75) is 36.3 Å². The summed E-state index contributed by atoms with van der Waals surface area (Å²) in [4.78, 5) is 37.9. The Morgan fingerprint density at radius 1 is 0.566 bits per heavy atom. The minimum atomic E-state index is -4.75. The van der Waals surface area contributed by atoms with Crippen LogP contribution in [0.15, 0.2) is 135 Å². The predicted molar refractivity (Wildman–Crippen MR) is 360 cm³/mol. The lowest BCUT2D eigenvalue weighted by atomic mass is 9.87. The molecular formula is C55H52BCl2N15O20S6. The first kappa shape index (κ1) is 73.8. The Balaban J connectivity index is 0.842. The fraction of sp³-hybridized carbons (Fsp3) is 0.236. The fourth-order valence-corrected chi connectivity index (χ4v) is 14.7. The van der Waals surface area contributed by atoms with Gasteiger partial charge in [-0.15, -0.1) is 29.1 Å². The topological polar surface area (TPSA) is 439 Å². The average Bonchev–Trinajstić information content (AvgIpc) is 0.786. The van der Waals surface area contributed by atoms with Crippen LogP contribution in [0.1, 0.15) is 5.56 Å². The summed E-state index contributed by atoms with van der Waals surface area (Å²) in [6.07, 6.45) is 0. The number of nitrogens with zero attached hydrogens (tertiary/aromatic N) is 12. The molecule has 0 amide bonds. The second kappa shape index (κ2) is 31.3. The molecule has 0 saturated carbocycles. The zero-order valence-corrected chi connectivity index (χ0v) is 58.6. The van der Waals surface area contributed by atoms with Gasteiger partial charge in [0.15, 0.2) is 11.5 Å². The number of anilines is 6. The number of piperazine rings is 1. The quantitative estimate of drug-likeness (QED) is 0.00554. The zero-order chi connectivity index (χ0) is 71.1. The monoisotopic (exact) mass is 1520 g/mol. The Bertz CT molecular complexity index is 5160. The number of benzene rings is 7. The maximum absolute atomic E-state index is 13.5. The Labute approximate surface area is 583 Å². The molecule has 5 N–H and O–H groups in total. The van der Waals surface area contributed by atoms with Gasteiger partial charge in [0, 0.05) is 71.4 Å². The van der Waals surface area contributed by atoms with Crippen molar-refractivity contribution in [3.05, 3.63) is 101 Å². The van der Waals surface area contributed by atoms with Crippen molar-refractivity contribution in [2.75, 3.05) is 103 Å². The van der Waals surface area contributed by atoms with Crippen LogP contribution in [0.4, 0.5) is 57.9 Å². The third-order valence-corrected chi connectivity index (χ3v) is 21.2. The maximum Gasteiger partial charge on any atom is 0.299 e. The van der Waals surface area contributed by atoms with Gasteiger partial charge in [-0.1, -0.05) is 39.8 Å². The second-order valence-electron chi connectivity index (χ2n) is 20.2. The van der Waals surface area contributed by atoms with Crippen molar-refractivity contribution in [1.29, 1.82) is 0 Å². The molecule has 1 saturated heterocycles. The van der Waals surface area contributed by atoms with E-state index in [0.717, 1.165) is 52.6 Å². The van der Waals surface area contributed by atoms with Crippen LogP contribution in [0.3, 0.4) is 0 Å². The molecule has 1 aliphatic rings.